The van der Waals surface area contributed by atoms with Gasteiger partial charge in [0.15, 0.2) is 5.82 Å². The van der Waals surface area contributed by atoms with Crippen LogP contribution in [0.25, 0.3) is 5.82 Å². The number of aromatic nitrogens is 3. The number of carbonyl (C=O) groups is 1. The van der Waals surface area contributed by atoms with Gasteiger partial charge in [-0.05, 0) is 37.7 Å². The highest BCUT2D eigenvalue weighted by atomic mass is 19.4. The molecule has 32 heavy (non-hydrogen) atoms. The molecule has 3 rings (SSSR count). The van der Waals surface area contributed by atoms with Crippen LogP contribution in [0.5, 0.6) is 0 Å². The molecule has 0 saturated heterocycles. The number of nitrogens with one attached hydrogen (secondary N) is 1. The minimum Gasteiger partial charge on any atom is -0.350 e. The summed E-state index contributed by atoms with van der Waals surface area (Å²) in [4.78, 5) is 19.0. The molecular weight excluding hydrogens is 419 g/mol. The summed E-state index contributed by atoms with van der Waals surface area (Å²) in [5, 5.41) is 7.13. The zero-order chi connectivity index (χ0) is 23.3. The Morgan fingerprint density at radius 3 is 2.34 bits per heavy atom. The highest BCUT2D eigenvalue weighted by molar-refractivity contribution is 5.95. The van der Waals surface area contributed by atoms with Gasteiger partial charge in [0, 0.05) is 12.7 Å². The first-order valence-corrected chi connectivity index (χ1v) is 10.4. The van der Waals surface area contributed by atoms with Gasteiger partial charge in [-0.2, -0.15) is 18.3 Å². The third-order valence-corrected chi connectivity index (χ3v) is 5.44. The van der Waals surface area contributed by atoms with E-state index in [-0.39, 0.29) is 17.8 Å². The first-order chi connectivity index (χ1) is 15.3. The van der Waals surface area contributed by atoms with Crippen LogP contribution in [0, 0.1) is 6.92 Å². The third kappa shape index (κ3) is 5.16. The number of likely N-dealkylation sites (N-methyl/N-ethyl adjacent to an activating group) is 1. The van der Waals surface area contributed by atoms with Crippen molar-refractivity contribution < 1.29 is 18.0 Å². The number of hydrogen-bond acceptors (Lipinski definition) is 4. The first kappa shape index (κ1) is 23.5. The van der Waals surface area contributed by atoms with Gasteiger partial charge in [-0.3, -0.25) is 9.69 Å². The summed E-state index contributed by atoms with van der Waals surface area (Å²) in [7, 11) is 0. The minimum absolute atomic E-state index is 0.0158. The van der Waals surface area contributed by atoms with E-state index in [2.05, 4.69) is 34.1 Å². The Labute approximate surface area is 185 Å². The molecule has 0 fully saturated rings. The quantitative estimate of drug-likeness (QED) is 0.558. The molecule has 1 amide bonds. The Kier molecular flexibility index (Phi) is 7.29. The number of rotatable bonds is 8. The van der Waals surface area contributed by atoms with E-state index < -0.39 is 11.7 Å². The first-order valence-electron chi connectivity index (χ1n) is 10.4. The molecule has 2 aromatic heterocycles. The number of nitrogens with zero attached hydrogens (tertiary/aromatic N) is 4. The maximum absolute atomic E-state index is 12.9. The van der Waals surface area contributed by atoms with Crippen LogP contribution < -0.4 is 5.32 Å². The zero-order valence-electron chi connectivity index (χ0n) is 18.2. The lowest BCUT2D eigenvalue weighted by Crippen LogP contribution is -2.38. The van der Waals surface area contributed by atoms with Gasteiger partial charge < -0.3 is 5.32 Å². The van der Waals surface area contributed by atoms with Gasteiger partial charge in [0.2, 0.25) is 0 Å². The molecule has 2 heterocycles. The molecule has 6 nitrogen and oxygen atoms in total. The Morgan fingerprint density at radius 2 is 1.78 bits per heavy atom. The van der Waals surface area contributed by atoms with Crippen LogP contribution in [0.15, 0.2) is 54.9 Å². The van der Waals surface area contributed by atoms with Crippen molar-refractivity contribution in [1.82, 2.24) is 25.0 Å². The predicted molar refractivity (Wildman–Crippen MR) is 116 cm³/mol. The molecular formula is C23H26F3N5O. The van der Waals surface area contributed by atoms with E-state index in [9.17, 15) is 18.0 Å². The summed E-state index contributed by atoms with van der Waals surface area (Å²) < 4.78 is 39.7. The lowest BCUT2D eigenvalue weighted by atomic mass is 10.0. The maximum atomic E-state index is 12.9. The molecule has 0 spiro atoms. The molecule has 1 unspecified atom stereocenters. The van der Waals surface area contributed by atoms with Crippen LogP contribution in [0.4, 0.5) is 13.2 Å². The van der Waals surface area contributed by atoms with Gasteiger partial charge in [0.1, 0.15) is 0 Å². The molecule has 3 aromatic rings. The Morgan fingerprint density at radius 1 is 1.09 bits per heavy atom. The van der Waals surface area contributed by atoms with Gasteiger partial charge in [-0.25, -0.2) is 9.67 Å². The number of amides is 1. The zero-order valence-corrected chi connectivity index (χ0v) is 18.2. The summed E-state index contributed by atoms with van der Waals surface area (Å²) in [6.07, 6.45) is -2.31. The van der Waals surface area contributed by atoms with Crippen molar-refractivity contribution in [2.75, 3.05) is 19.6 Å². The van der Waals surface area contributed by atoms with Crippen LogP contribution in [0.3, 0.4) is 0 Å². The van der Waals surface area contributed by atoms with Crippen LogP contribution in [0.1, 0.15) is 47.1 Å². The van der Waals surface area contributed by atoms with Crippen molar-refractivity contribution in [3.63, 3.8) is 0 Å². The molecule has 0 aliphatic carbocycles. The van der Waals surface area contributed by atoms with Gasteiger partial charge >= 0.3 is 6.18 Å². The Hall–Kier alpha value is -3.20. The lowest BCUT2D eigenvalue weighted by molar-refractivity contribution is -0.137. The molecule has 1 N–H and O–H groups in total. The smallest absolute Gasteiger partial charge is 0.350 e. The van der Waals surface area contributed by atoms with Gasteiger partial charge in [0.05, 0.1) is 29.1 Å². The highest BCUT2D eigenvalue weighted by Gasteiger charge is 2.31. The maximum Gasteiger partial charge on any atom is 0.417 e. The van der Waals surface area contributed by atoms with E-state index in [4.69, 9.17) is 0 Å². The van der Waals surface area contributed by atoms with Crippen LogP contribution in [0.2, 0.25) is 0 Å². The fraction of sp³-hybridized carbons (Fsp3) is 0.348. The molecule has 1 atom stereocenters. The normalized spacial score (nSPS) is 12.7. The number of pyridine rings is 1. The van der Waals surface area contributed by atoms with Crippen molar-refractivity contribution in [2.24, 2.45) is 0 Å². The molecule has 1 aromatic carbocycles. The molecule has 0 aliphatic rings. The predicted octanol–water partition coefficient (Wildman–Crippen LogP) is 4.41. The topological polar surface area (TPSA) is 63.1 Å². The van der Waals surface area contributed by atoms with E-state index in [0.29, 0.717) is 17.8 Å². The standard InChI is InChI=1S/C23H26F3N5O/c1-4-30(5-2)20(17-9-7-6-8-10-17)15-28-22(32)19-14-29-31(16(19)3)21-12-11-18(13-27-21)23(24,25)26/h6-14,20H,4-5,15H2,1-3H3,(H,28,32). The molecule has 0 aliphatic heterocycles. The van der Waals surface area contributed by atoms with E-state index in [1.165, 1.54) is 16.9 Å². The van der Waals surface area contributed by atoms with Gasteiger partial charge in [-0.1, -0.05) is 44.2 Å². The number of benzene rings is 1. The van der Waals surface area contributed by atoms with E-state index in [1.807, 2.05) is 30.3 Å². The van der Waals surface area contributed by atoms with Crippen molar-refractivity contribution >= 4 is 5.91 Å². The van der Waals surface area contributed by atoms with Crippen molar-refractivity contribution in [3.05, 3.63) is 77.2 Å². The number of alkyl halides is 3. The summed E-state index contributed by atoms with van der Waals surface area (Å²) in [6, 6.07) is 12.2. The van der Waals surface area contributed by atoms with Crippen LogP contribution >= 0.6 is 0 Å². The summed E-state index contributed by atoms with van der Waals surface area (Å²) in [5.74, 6) is -0.0893. The molecule has 9 heteroatoms. The summed E-state index contributed by atoms with van der Waals surface area (Å²) in [5.41, 5.74) is 1.11. The van der Waals surface area contributed by atoms with E-state index >= 15 is 0 Å². The second-order valence-electron chi connectivity index (χ2n) is 7.32. The molecule has 0 radical (unpaired) electrons. The van der Waals surface area contributed by atoms with E-state index in [0.717, 1.165) is 30.9 Å². The summed E-state index contributed by atoms with van der Waals surface area (Å²) in [6.45, 7) is 7.91. The van der Waals surface area contributed by atoms with Crippen LogP contribution in [-0.2, 0) is 6.18 Å². The third-order valence-electron chi connectivity index (χ3n) is 5.44. The second-order valence-corrected chi connectivity index (χ2v) is 7.32. The summed E-state index contributed by atoms with van der Waals surface area (Å²) >= 11 is 0. The molecule has 0 saturated carbocycles. The SMILES string of the molecule is CCN(CC)C(CNC(=O)c1cnn(-c2ccc(C(F)(F)F)cn2)c1C)c1ccccc1. The second kappa shape index (κ2) is 9.95. The van der Waals surface area contributed by atoms with Crippen molar-refractivity contribution in [3.8, 4) is 5.82 Å². The lowest BCUT2D eigenvalue weighted by Gasteiger charge is -2.30. The number of hydrogen-bond donors (Lipinski definition) is 1. The highest BCUT2D eigenvalue weighted by Crippen LogP contribution is 2.29. The van der Waals surface area contributed by atoms with Crippen molar-refractivity contribution in [2.45, 2.75) is 33.0 Å². The number of carbonyl (C=O) groups excluding carboxylic acids is 1. The largest absolute Gasteiger partial charge is 0.417 e. The average molecular weight is 445 g/mol. The fourth-order valence-electron chi connectivity index (χ4n) is 3.62. The number of halogens is 3. The Bertz CT molecular complexity index is 1030. The van der Waals surface area contributed by atoms with Gasteiger partial charge in [-0.15, -0.1) is 0 Å². The van der Waals surface area contributed by atoms with Crippen LogP contribution in [-0.4, -0.2) is 45.2 Å². The molecule has 170 valence electrons. The molecule has 0 bridgehead atoms. The Balaban J connectivity index is 1.76. The fourth-order valence-corrected chi connectivity index (χ4v) is 3.62. The van der Waals surface area contributed by atoms with E-state index in [1.54, 1.807) is 6.92 Å². The van der Waals surface area contributed by atoms with Crippen molar-refractivity contribution in [1.29, 1.82) is 0 Å². The minimum atomic E-state index is -4.46. The average Bonchev–Trinajstić information content (AvgIpc) is 3.18. The monoisotopic (exact) mass is 445 g/mol. The van der Waals surface area contributed by atoms with Gasteiger partial charge in [0.25, 0.3) is 5.91 Å².